The van der Waals surface area contributed by atoms with Gasteiger partial charge < -0.3 is 5.11 Å². The fourth-order valence-electron chi connectivity index (χ4n) is 0.897. The molecule has 1 N–H and O–H groups in total. The van der Waals surface area contributed by atoms with Gasteiger partial charge >= 0.3 is 0 Å². The van der Waals surface area contributed by atoms with Gasteiger partial charge in [-0.3, -0.25) is 14.9 Å². The molecule has 0 aromatic carbocycles. The Morgan fingerprint density at radius 2 is 2.08 bits per heavy atom. The van der Waals surface area contributed by atoms with Crippen LogP contribution >= 0.6 is 0 Å². The van der Waals surface area contributed by atoms with Crippen molar-refractivity contribution in [1.82, 2.24) is 0 Å². The van der Waals surface area contributed by atoms with Gasteiger partial charge in [0.2, 0.25) is 0 Å². The van der Waals surface area contributed by atoms with E-state index >= 15 is 0 Å². The van der Waals surface area contributed by atoms with Gasteiger partial charge in [-0.25, -0.2) is 0 Å². The van der Waals surface area contributed by atoms with Crippen LogP contribution in [-0.4, -0.2) is 16.0 Å². The lowest BCUT2D eigenvalue weighted by Gasteiger charge is -1.79. The quantitative estimate of drug-likeness (QED) is 0.535. The summed E-state index contributed by atoms with van der Waals surface area (Å²) in [4.78, 5) is 18.7. The minimum Gasteiger partial charge on any atom is -0.481 e. The minimum absolute atomic E-state index is 0.241. The van der Waals surface area contributed by atoms with Gasteiger partial charge in [-0.15, -0.1) is 0 Å². The van der Waals surface area contributed by atoms with Crippen LogP contribution in [0.2, 0.25) is 0 Å². The van der Waals surface area contributed by atoms with E-state index in [4.69, 9.17) is 9.90 Å². The Hall–Kier alpha value is -1.91. The molecule has 5 heteroatoms. The Morgan fingerprint density at radius 1 is 1.54 bits per heavy atom. The molecule has 2 rings (SSSR count). The first-order chi connectivity index (χ1) is 6.02. The van der Waals surface area contributed by atoms with Crippen molar-refractivity contribution in [3.05, 3.63) is 28.3 Å². The van der Waals surface area contributed by atoms with Crippen LogP contribution in [0.5, 0.6) is 0 Å². The van der Waals surface area contributed by atoms with Crippen LogP contribution in [0.1, 0.15) is 6.92 Å². The van der Waals surface area contributed by atoms with E-state index in [1.165, 1.54) is 6.07 Å². The molecule has 68 valence electrons. The lowest BCUT2D eigenvalue weighted by molar-refractivity contribution is -0.383. The number of nitro groups is 1. The maximum Gasteiger partial charge on any atom is 0.300 e. The van der Waals surface area contributed by atoms with Crippen LogP contribution in [0.15, 0.2) is 18.2 Å². The van der Waals surface area contributed by atoms with Gasteiger partial charge in [-0.2, -0.15) is 0 Å². The van der Waals surface area contributed by atoms with Crippen molar-refractivity contribution in [1.29, 1.82) is 0 Å². The molecule has 0 spiro atoms. The number of fused-ring (bicyclic) bond motifs is 1. The largest absolute Gasteiger partial charge is 0.481 e. The van der Waals surface area contributed by atoms with Crippen molar-refractivity contribution < 1.29 is 14.8 Å². The van der Waals surface area contributed by atoms with Crippen molar-refractivity contribution in [2.24, 2.45) is 0 Å². The van der Waals surface area contributed by atoms with E-state index in [0.29, 0.717) is 0 Å². The third-order valence-corrected chi connectivity index (χ3v) is 1.42. The van der Waals surface area contributed by atoms with E-state index in [9.17, 15) is 10.1 Å². The average Bonchev–Trinajstić information content (AvgIpc) is 2.60. The van der Waals surface area contributed by atoms with Crippen LogP contribution in [-0.2, 0) is 4.79 Å². The molecule has 0 unspecified atom stereocenters. The molecule has 0 saturated carbocycles. The summed E-state index contributed by atoms with van der Waals surface area (Å²) in [5.41, 5.74) is 2.06. The Bertz CT molecular complexity index is 368. The predicted octanol–water partition coefficient (Wildman–Crippen LogP) is 1.67. The zero-order chi connectivity index (χ0) is 10.0. The second-order valence-electron chi connectivity index (χ2n) is 2.51. The summed E-state index contributed by atoms with van der Waals surface area (Å²) in [5.74, 6) is -0.833. The summed E-state index contributed by atoms with van der Waals surface area (Å²) >= 11 is 0. The van der Waals surface area contributed by atoms with Crippen molar-refractivity contribution in [2.75, 3.05) is 0 Å². The number of aliphatic carboxylic acids is 1. The molecule has 0 amide bonds. The number of carboxylic acids is 1. The molecular weight excluding hydrogens is 174 g/mol. The third kappa shape index (κ3) is 2.26. The van der Waals surface area contributed by atoms with Crippen molar-refractivity contribution >= 4 is 11.7 Å². The second kappa shape index (κ2) is 3.22. The fraction of sp³-hybridized carbons (Fsp3) is 0.125. The van der Waals surface area contributed by atoms with Gasteiger partial charge in [-0.05, 0) is 17.7 Å². The van der Waals surface area contributed by atoms with Crippen molar-refractivity contribution in [2.45, 2.75) is 6.92 Å². The van der Waals surface area contributed by atoms with Crippen LogP contribution in [0.25, 0.3) is 11.1 Å². The zero-order valence-corrected chi connectivity index (χ0v) is 6.85. The number of carbonyl (C=O) groups is 1. The SMILES string of the molecule is CC(=O)O.O=[N+]([O-])c1ccc2cc1-2. The maximum absolute atomic E-state index is 10.1. The first-order valence-corrected chi connectivity index (χ1v) is 3.50. The normalized spacial score (nSPS) is 9.62. The number of rotatable bonds is 1. The average molecular weight is 181 g/mol. The molecule has 0 bridgehead atoms. The molecule has 2 aliphatic carbocycles. The number of benzene rings is 1. The molecule has 0 heterocycles. The molecule has 0 fully saturated rings. The Labute approximate surface area is 73.8 Å². The second-order valence-corrected chi connectivity index (χ2v) is 2.51. The Balaban J connectivity index is 0.000000184. The van der Waals surface area contributed by atoms with Crippen LogP contribution in [0.4, 0.5) is 5.69 Å². The molecule has 0 atom stereocenters. The van der Waals surface area contributed by atoms with E-state index in [0.717, 1.165) is 18.1 Å². The molecule has 13 heavy (non-hydrogen) atoms. The first kappa shape index (κ1) is 9.18. The van der Waals surface area contributed by atoms with Crippen LogP contribution in [0.3, 0.4) is 0 Å². The highest BCUT2D eigenvalue weighted by atomic mass is 16.6. The summed E-state index contributed by atoms with van der Waals surface area (Å²) < 4.78 is 0. The fourth-order valence-corrected chi connectivity index (χ4v) is 0.897. The first-order valence-electron chi connectivity index (χ1n) is 3.50. The molecule has 0 aliphatic heterocycles. The third-order valence-electron chi connectivity index (χ3n) is 1.42. The summed E-state index contributed by atoms with van der Waals surface area (Å²) in [7, 11) is 0. The summed E-state index contributed by atoms with van der Waals surface area (Å²) in [6.07, 6.45) is 0. The molecule has 0 radical (unpaired) electrons. The number of hydrogen-bond donors (Lipinski definition) is 1. The van der Waals surface area contributed by atoms with E-state index in [1.54, 1.807) is 12.1 Å². The number of nitrogens with zero attached hydrogens (tertiary/aromatic N) is 1. The van der Waals surface area contributed by atoms with Gasteiger partial charge in [0.25, 0.3) is 11.7 Å². The number of hydrogen-bond acceptors (Lipinski definition) is 3. The van der Waals surface area contributed by atoms with E-state index in [-0.39, 0.29) is 10.6 Å². The monoisotopic (exact) mass is 181 g/mol. The Morgan fingerprint density at radius 3 is 2.23 bits per heavy atom. The highest BCUT2D eigenvalue weighted by Gasteiger charge is 2.24. The standard InChI is InChI=1S/C6H3NO2.C2H4O2/c8-7(9)6-2-1-4-3-5(4)6;1-2(3)4/h1-3H;1H3,(H,3,4). The van der Waals surface area contributed by atoms with Gasteiger partial charge in [0, 0.05) is 13.0 Å². The molecular formula is C8H7NO4. The molecule has 0 aromatic heterocycles. The highest BCUT2D eigenvalue weighted by molar-refractivity contribution is 5.89. The van der Waals surface area contributed by atoms with Crippen molar-refractivity contribution in [3.8, 4) is 11.1 Å². The van der Waals surface area contributed by atoms with Gasteiger partial charge in [-0.1, -0.05) is 0 Å². The molecule has 0 aromatic rings. The number of carboxylic acid groups (broad SMARTS) is 1. The van der Waals surface area contributed by atoms with Gasteiger partial charge in [0.15, 0.2) is 0 Å². The lowest BCUT2D eigenvalue weighted by atomic mass is 10.5. The Kier molecular flexibility index (Phi) is 2.27. The van der Waals surface area contributed by atoms with E-state index in [1.807, 2.05) is 0 Å². The maximum atomic E-state index is 10.1. The van der Waals surface area contributed by atoms with Gasteiger partial charge in [0.1, 0.15) is 0 Å². The molecule has 5 nitrogen and oxygen atoms in total. The minimum atomic E-state index is -0.833. The van der Waals surface area contributed by atoms with E-state index in [2.05, 4.69) is 0 Å². The lowest BCUT2D eigenvalue weighted by Crippen LogP contribution is -1.82. The van der Waals surface area contributed by atoms with Crippen LogP contribution < -0.4 is 0 Å². The topological polar surface area (TPSA) is 80.4 Å². The van der Waals surface area contributed by atoms with Crippen molar-refractivity contribution in [3.63, 3.8) is 0 Å². The zero-order valence-electron chi connectivity index (χ0n) is 6.85. The summed E-state index contributed by atoms with van der Waals surface area (Å²) in [6.45, 7) is 1.08. The predicted molar refractivity (Wildman–Crippen MR) is 45.4 cm³/mol. The highest BCUT2D eigenvalue weighted by Crippen LogP contribution is 2.42. The molecule has 0 saturated heterocycles. The number of nitro benzene ring substituents is 1. The van der Waals surface area contributed by atoms with Gasteiger partial charge in [0.05, 0.1) is 10.5 Å². The summed E-state index contributed by atoms with van der Waals surface area (Å²) in [5, 5.41) is 17.5. The smallest absolute Gasteiger partial charge is 0.300 e. The molecule has 2 aliphatic rings. The summed E-state index contributed by atoms with van der Waals surface area (Å²) in [6, 6.07) is 5.09. The van der Waals surface area contributed by atoms with E-state index < -0.39 is 5.97 Å². The van der Waals surface area contributed by atoms with Crippen LogP contribution in [0, 0.1) is 10.1 Å².